The van der Waals surface area contributed by atoms with Crippen LogP contribution in [0.1, 0.15) is 39.0 Å². The van der Waals surface area contributed by atoms with Crippen LogP contribution in [-0.2, 0) is 19.1 Å². The minimum absolute atomic E-state index is 0.00952. The van der Waals surface area contributed by atoms with Gasteiger partial charge >= 0.3 is 5.97 Å². The number of hydrogen-bond donors (Lipinski definition) is 2. The number of amides is 2. The fraction of sp³-hybridized carbons (Fsp3) is 0.812. The van der Waals surface area contributed by atoms with Crippen LogP contribution >= 0.6 is 0 Å². The lowest BCUT2D eigenvalue weighted by atomic mass is 9.96. The van der Waals surface area contributed by atoms with Gasteiger partial charge in [-0.25, -0.2) is 4.79 Å². The second-order valence-corrected chi connectivity index (χ2v) is 6.45. The number of primary amides is 1. The number of hydrogen-bond acceptors (Lipinski definition) is 4. The fourth-order valence-electron chi connectivity index (χ4n) is 3.52. The van der Waals surface area contributed by atoms with Crippen molar-refractivity contribution in [2.75, 3.05) is 32.8 Å². The van der Waals surface area contributed by atoms with Crippen LogP contribution in [-0.4, -0.2) is 61.5 Å². The van der Waals surface area contributed by atoms with Gasteiger partial charge in [-0.3, -0.25) is 9.59 Å². The lowest BCUT2D eigenvalue weighted by molar-refractivity contribution is -0.898. The molecule has 3 N–H and O–H groups in total. The Morgan fingerprint density at radius 1 is 1.17 bits per heavy atom. The standard InChI is InChI=1S/C16H27N3O4/c1-2-23-16(22)13-5-3-4-8-19(13)14(20)11-18-9-6-12(7-10-18)15(17)21/h12-13H,2-11H2,1H3,(H2,17,21)/p+1/t13-/m0/s1. The lowest BCUT2D eigenvalue weighted by Gasteiger charge is -2.35. The highest BCUT2D eigenvalue weighted by molar-refractivity contribution is 5.85. The number of nitrogens with one attached hydrogen (secondary N) is 1. The molecule has 2 fully saturated rings. The Morgan fingerprint density at radius 3 is 2.48 bits per heavy atom. The molecule has 2 aliphatic rings. The summed E-state index contributed by atoms with van der Waals surface area (Å²) in [4.78, 5) is 38.7. The van der Waals surface area contributed by atoms with E-state index in [0.29, 0.717) is 26.1 Å². The third-order valence-corrected chi connectivity index (χ3v) is 4.88. The van der Waals surface area contributed by atoms with Crippen molar-refractivity contribution in [2.24, 2.45) is 11.7 Å². The SMILES string of the molecule is CCOC(=O)[C@@H]1CCCCN1C(=O)C[NH+]1CCC(C(N)=O)CC1. The van der Waals surface area contributed by atoms with Crippen molar-refractivity contribution in [2.45, 2.75) is 45.1 Å². The molecule has 2 saturated heterocycles. The topological polar surface area (TPSA) is 94.1 Å². The Kier molecular flexibility index (Phi) is 6.38. The van der Waals surface area contributed by atoms with Crippen LogP contribution in [0.15, 0.2) is 0 Å². The van der Waals surface area contributed by atoms with Gasteiger partial charge in [-0.15, -0.1) is 0 Å². The number of piperidine rings is 2. The fourth-order valence-corrected chi connectivity index (χ4v) is 3.52. The molecule has 0 radical (unpaired) electrons. The van der Waals surface area contributed by atoms with Crippen molar-refractivity contribution < 1.29 is 24.0 Å². The third kappa shape index (κ3) is 4.67. The maximum absolute atomic E-state index is 12.6. The first-order valence-corrected chi connectivity index (χ1v) is 8.62. The van der Waals surface area contributed by atoms with E-state index in [1.807, 2.05) is 0 Å². The van der Waals surface area contributed by atoms with Gasteiger partial charge in [-0.2, -0.15) is 0 Å². The number of nitrogens with zero attached hydrogens (tertiary/aromatic N) is 1. The van der Waals surface area contributed by atoms with Gasteiger partial charge in [0.2, 0.25) is 5.91 Å². The van der Waals surface area contributed by atoms with Crippen molar-refractivity contribution in [3.8, 4) is 0 Å². The molecule has 0 aliphatic carbocycles. The van der Waals surface area contributed by atoms with Gasteiger partial charge in [0.1, 0.15) is 6.04 Å². The van der Waals surface area contributed by atoms with E-state index in [1.165, 1.54) is 4.90 Å². The van der Waals surface area contributed by atoms with Crippen LogP contribution < -0.4 is 10.6 Å². The van der Waals surface area contributed by atoms with Gasteiger partial charge in [0, 0.05) is 25.3 Å². The molecule has 2 rings (SSSR count). The molecule has 0 aromatic heterocycles. The van der Waals surface area contributed by atoms with Crippen LogP contribution in [0.4, 0.5) is 0 Å². The summed E-state index contributed by atoms with van der Waals surface area (Å²) < 4.78 is 5.10. The molecule has 7 heteroatoms. The molecule has 0 bridgehead atoms. The minimum Gasteiger partial charge on any atom is -0.464 e. The van der Waals surface area contributed by atoms with Crippen LogP contribution in [0.25, 0.3) is 0 Å². The third-order valence-electron chi connectivity index (χ3n) is 4.88. The Bertz CT molecular complexity index is 447. The molecule has 0 aromatic carbocycles. The summed E-state index contributed by atoms with van der Waals surface area (Å²) in [6, 6.07) is -0.432. The highest BCUT2D eigenvalue weighted by Gasteiger charge is 2.35. The van der Waals surface area contributed by atoms with Crippen LogP contribution in [0.3, 0.4) is 0 Å². The van der Waals surface area contributed by atoms with E-state index in [-0.39, 0.29) is 23.7 Å². The molecule has 0 spiro atoms. The smallest absolute Gasteiger partial charge is 0.328 e. The summed E-state index contributed by atoms with van der Waals surface area (Å²) >= 11 is 0. The molecule has 0 saturated carbocycles. The lowest BCUT2D eigenvalue weighted by Crippen LogP contribution is -3.14. The molecule has 23 heavy (non-hydrogen) atoms. The van der Waals surface area contributed by atoms with Crippen molar-refractivity contribution in [1.29, 1.82) is 0 Å². The number of likely N-dealkylation sites (tertiary alicyclic amines) is 2. The van der Waals surface area contributed by atoms with E-state index >= 15 is 0 Å². The van der Waals surface area contributed by atoms with Gasteiger partial charge in [0.15, 0.2) is 6.54 Å². The summed E-state index contributed by atoms with van der Waals surface area (Å²) in [7, 11) is 0. The molecule has 130 valence electrons. The van der Waals surface area contributed by atoms with Crippen molar-refractivity contribution in [3.05, 3.63) is 0 Å². The molecule has 1 atom stereocenters. The number of esters is 1. The highest BCUT2D eigenvalue weighted by atomic mass is 16.5. The zero-order chi connectivity index (χ0) is 16.8. The minimum atomic E-state index is -0.432. The summed E-state index contributed by atoms with van der Waals surface area (Å²) in [6.45, 7) is 4.67. The van der Waals surface area contributed by atoms with Crippen LogP contribution in [0.5, 0.6) is 0 Å². The van der Waals surface area contributed by atoms with Crippen LogP contribution in [0.2, 0.25) is 0 Å². The molecule has 7 nitrogen and oxygen atoms in total. The number of carbonyl (C=O) groups excluding carboxylic acids is 3. The maximum Gasteiger partial charge on any atom is 0.328 e. The van der Waals surface area contributed by atoms with Gasteiger partial charge in [-0.1, -0.05) is 0 Å². The maximum atomic E-state index is 12.6. The van der Waals surface area contributed by atoms with E-state index in [9.17, 15) is 14.4 Å². The summed E-state index contributed by atoms with van der Waals surface area (Å²) in [5.41, 5.74) is 5.34. The van der Waals surface area contributed by atoms with E-state index < -0.39 is 6.04 Å². The predicted molar refractivity (Wildman–Crippen MR) is 83.5 cm³/mol. The van der Waals surface area contributed by atoms with Crippen molar-refractivity contribution in [3.63, 3.8) is 0 Å². The van der Waals surface area contributed by atoms with Gasteiger partial charge in [0.25, 0.3) is 5.91 Å². The quantitative estimate of drug-likeness (QED) is 0.615. The Morgan fingerprint density at radius 2 is 1.87 bits per heavy atom. The molecule has 2 aliphatic heterocycles. The first-order chi connectivity index (χ1) is 11.0. The van der Waals surface area contributed by atoms with Gasteiger partial charge in [-0.05, 0) is 26.2 Å². The molecule has 2 heterocycles. The van der Waals surface area contributed by atoms with E-state index in [0.717, 1.165) is 38.8 Å². The van der Waals surface area contributed by atoms with Crippen molar-refractivity contribution in [1.82, 2.24) is 4.90 Å². The second-order valence-electron chi connectivity index (χ2n) is 6.45. The number of nitrogens with two attached hydrogens (primary N) is 1. The van der Waals surface area contributed by atoms with Gasteiger partial charge in [0.05, 0.1) is 19.7 Å². The molecule has 0 unspecified atom stereocenters. The zero-order valence-electron chi connectivity index (χ0n) is 13.9. The zero-order valence-corrected chi connectivity index (χ0v) is 13.9. The molecular formula is C16H28N3O4+. The second kappa shape index (κ2) is 8.29. The predicted octanol–water partition coefficient (Wildman–Crippen LogP) is -1.29. The molecule has 2 amide bonds. The summed E-state index contributed by atoms with van der Waals surface area (Å²) in [6.07, 6.45) is 4.03. The molecule has 0 aromatic rings. The molecular weight excluding hydrogens is 298 g/mol. The Labute approximate surface area is 137 Å². The largest absolute Gasteiger partial charge is 0.464 e. The first-order valence-electron chi connectivity index (χ1n) is 8.62. The van der Waals surface area contributed by atoms with E-state index in [4.69, 9.17) is 10.5 Å². The van der Waals surface area contributed by atoms with Gasteiger partial charge < -0.3 is 20.3 Å². The highest BCUT2D eigenvalue weighted by Crippen LogP contribution is 2.18. The summed E-state index contributed by atoms with van der Waals surface area (Å²) in [5, 5.41) is 0. The average molecular weight is 326 g/mol. The first kappa shape index (κ1) is 17.7. The summed E-state index contributed by atoms with van der Waals surface area (Å²) in [5.74, 6) is -0.580. The normalized spacial score (nSPS) is 28.2. The van der Waals surface area contributed by atoms with Crippen molar-refractivity contribution >= 4 is 17.8 Å². The Hall–Kier alpha value is -1.63. The number of rotatable bonds is 5. The van der Waals surface area contributed by atoms with E-state index in [2.05, 4.69) is 0 Å². The van der Waals surface area contributed by atoms with E-state index in [1.54, 1.807) is 11.8 Å². The number of ether oxygens (including phenoxy) is 1. The number of carbonyl (C=O) groups is 3. The van der Waals surface area contributed by atoms with Crippen LogP contribution in [0, 0.1) is 5.92 Å². The average Bonchev–Trinajstić information content (AvgIpc) is 2.55. The number of quaternary nitrogens is 1. The Balaban J connectivity index is 1.88. The monoisotopic (exact) mass is 326 g/mol.